The van der Waals surface area contributed by atoms with Gasteiger partial charge in [0.1, 0.15) is 0 Å². The van der Waals surface area contributed by atoms with Crippen LogP contribution in [0.3, 0.4) is 0 Å². The van der Waals surface area contributed by atoms with Crippen LogP contribution in [0.4, 0.5) is 5.69 Å². The van der Waals surface area contributed by atoms with E-state index in [4.69, 9.17) is 11.6 Å². The zero-order chi connectivity index (χ0) is 11.6. The molecule has 0 amide bonds. The highest BCUT2D eigenvalue weighted by atomic mass is 35.5. The van der Waals surface area contributed by atoms with Gasteiger partial charge in [-0.15, -0.1) is 0 Å². The smallest absolute Gasteiger partial charge is 0.0407 e. The first kappa shape index (κ1) is 11.8. The molecule has 1 aromatic carbocycles. The zero-order valence-corrected chi connectivity index (χ0v) is 10.8. The van der Waals surface area contributed by atoms with Crippen LogP contribution in [0.15, 0.2) is 24.3 Å². The average molecular weight is 238 g/mol. The number of halogens is 1. The highest BCUT2D eigenvalue weighted by Gasteiger charge is 2.27. The van der Waals surface area contributed by atoms with Crippen LogP contribution in [0.2, 0.25) is 5.02 Å². The molecule has 1 unspecified atom stereocenters. The van der Waals surface area contributed by atoms with Crippen LogP contribution in [0, 0.1) is 5.41 Å². The molecule has 1 N–H and O–H groups in total. The minimum atomic E-state index is 0.488. The number of benzene rings is 1. The third kappa shape index (κ3) is 3.15. The minimum absolute atomic E-state index is 0.488. The summed E-state index contributed by atoms with van der Waals surface area (Å²) in [6, 6.07) is 8.62. The van der Waals surface area contributed by atoms with Gasteiger partial charge in [0, 0.05) is 16.8 Å². The Morgan fingerprint density at radius 1 is 1.25 bits per heavy atom. The summed E-state index contributed by atoms with van der Waals surface area (Å²) in [5.41, 5.74) is 1.68. The molecule has 1 nitrogen and oxygen atoms in total. The summed E-state index contributed by atoms with van der Waals surface area (Å²) in [5, 5.41) is 4.41. The van der Waals surface area contributed by atoms with Crippen LogP contribution < -0.4 is 5.32 Å². The topological polar surface area (TPSA) is 12.0 Å². The molecule has 2 heteroatoms. The lowest BCUT2D eigenvalue weighted by atomic mass is 9.75. The predicted molar refractivity (Wildman–Crippen MR) is 71.1 cm³/mol. The predicted octanol–water partition coefficient (Wildman–Crippen LogP) is 4.72. The first-order valence-corrected chi connectivity index (χ1v) is 6.45. The maximum Gasteiger partial charge on any atom is 0.0407 e. The molecule has 0 aliphatic heterocycles. The molecule has 88 valence electrons. The van der Waals surface area contributed by atoms with Crippen LogP contribution in [0.5, 0.6) is 0 Å². The van der Waals surface area contributed by atoms with Crippen molar-refractivity contribution >= 4 is 17.3 Å². The fourth-order valence-corrected chi connectivity index (χ4v) is 2.73. The number of hydrogen-bond acceptors (Lipinski definition) is 1. The second-order valence-corrected chi connectivity index (χ2v) is 6.05. The second kappa shape index (κ2) is 4.67. The third-order valence-corrected chi connectivity index (χ3v) is 3.67. The van der Waals surface area contributed by atoms with Gasteiger partial charge in [0.05, 0.1) is 0 Å². The fraction of sp³-hybridized carbons (Fsp3) is 0.571. The number of anilines is 1. The summed E-state index contributed by atoms with van der Waals surface area (Å²) in [6.45, 7) is 4.73. The number of hydrogen-bond donors (Lipinski definition) is 1. The van der Waals surface area contributed by atoms with E-state index in [2.05, 4.69) is 31.3 Å². The molecule has 16 heavy (non-hydrogen) atoms. The lowest BCUT2D eigenvalue weighted by Gasteiger charge is -2.36. The Morgan fingerprint density at radius 2 is 1.94 bits per heavy atom. The van der Waals surface area contributed by atoms with Crippen LogP contribution in [-0.2, 0) is 0 Å². The van der Waals surface area contributed by atoms with E-state index in [9.17, 15) is 0 Å². The van der Waals surface area contributed by atoms with Gasteiger partial charge in [-0.3, -0.25) is 0 Å². The van der Waals surface area contributed by atoms with Crippen molar-refractivity contribution in [2.45, 2.75) is 45.6 Å². The molecule has 0 bridgehead atoms. The molecule has 1 aromatic rings. The quantitative estimate of drug-likeness (QED) is 0.785. The maximum atomic E-state index is 5.87. The van der Waals surface area contributed by atoms with Gasteiger partial charge in [-0.2, -0.15) is 0 Å². The van der Waals surface area contributed by atoms with Crippen molar-refractivity contribution in [3.8, 4) is 0 Å². The monoisotopic (exact) mass is 237 g/mol. The van der Waals surface area contributed by atoms with Gasteiger partial charge in [0.25, 0.3) is 0 Å². The molecule has 0 saturated heterocycles. The minimum Gasteiger partial charge on any atom is -0.382 e. The summed E-state index contributed by atoms with van der Waals surface area (Å²) in [4.78, 5) is 0. The zero-order valence-electron chi connectivity index (χ0n) is 10.1. The number of nitrogens with one attached hydrogen (secondary N) is 1. The molecular formula is C14H20ClN. The molecule has 1 fully saturated rings. The van der Waals surface area contributed by atoms with E-state index in [0.717, 1.165) is 5.02 Å². The van der Waals surface area contributed by atoms with Gasteiger partial charge in [-0.25, -0.2) is 0 Å². The molecule has 1 aliphatic rings. The van der Waals surface area contributed by atoms with E-state index >= 15 is 0 Å². The fourth-order valence-electron chi connectivity index (χ4n) is 2.60. The Hall–Kier alpha value is -0.690. The molecule has 1 atom stereocenters. The largest absolute Gasteiger partial charge is 0.382 e. The Bertz CT molecular complexity index is 342. The highest BCUT2D eigenvalue weighted by molar-refractivity contribution is 6.30. The summed E-state index contributed by atoms with van der Waals surface area (Å²) < 4.78 is 0. The van der Waals surface area contributed by atoms with Gasteiger partial charge in [0.15, 0.2) is 0 Å². The summed E-state index contributed by atoms with van der Waals surface area (Å²) in [6.07, 6.45) is 5.23. The third-order valence-electron chi connectivity index (χ3n) is 3.42. The van der Waals surface area contributed by atoms with Gasteiger partial charge in [0.2, 0.25) is 0 Å². The normalized spacial score (nSPS) is 24.1. The average Bonchev–Trinajstić information content (AvgIpc) is 2.20. The van der Waals surface area contributed by atoms with Gasteiger partial charge < -0.3 is 5.32 Å². The van der Waals surface area contributed by atoms with E-state index in [0.29, 0.717) is 11.5 Å². The van der Waals surface area contributed by atoms with E-state index in [1.165, 1.54) is 31.4 Å². The van der Waals surface area contributed by atoms with Crippen molar-refractivity contribution in [3.05, 3.63) is 29.3 Å². The van der Waals surface area contributed by atoms with Gasteiger partial charge in [-0.05, 0) is 48.9 Å². The molecule has 2 rings (SSSR count). The van der Waals surface area contributed by atoms with E-state index in [-0.39, 0.29) is 0 Å². The molecule has 1 saturated carbocycles. The van der Waals surface area contributed by atoms with E-state index in [1.54, 1.807) is 0 Å². The first-order valence-electron chi connectivity index (χ1n) is 6.07. The van der Waals surface area contributed by atoms with Crippen LogP contribution >= 0.6 is 11.6 Å². The SMILES string of the molecule is CC1(C)CCCC(Nc2ccc(Cl)cc2)C1. The van der Waals surface area contributed by atoms with Crippen molar-refractivity contribution in [2.75, 3.05) is 5.32 Å². The Balaban J connectivity index is 1.97. The molecule has 0 radical (unpaired) electrons. The van der Waals surface area contributed by atoms with E-state index < -0.39 is 0 Å². The van der Waals surface area contributed by atoms with Crippen LogP contribution in [0.25, 0.3) is 0 Å². The van der Waals surface area contributed by atoms with E-state index in [1.807, 2.05) is 12.1 Å². The van der Waals surface area contributed by atoms with Crippen LogP contribution in [0.1, 0.15) is 39.5 Å². The first-order chi connectivity index (χ1) is 7.55. The van der Waals surface area contributed by atoms with Gasteiger partial charge >= 0.3 is 0 Å². The maximum absolute atomic E-state index is 5.87. The van der Waals surface area contributed by atoms with Crippen molar-refractivity contribution in [1.29, 1.82) is 0 Å². The van der Waals surface area contributed by atoms with Crippen molar-refractivity contribution < 1.29 is 0 Å². The van der Waals surface area contributed by atoms with Crippen molar-refractivity contribution in [1.82, 2.24) is 0 Å². The highest BCUT2D eigenvalue weighted by Crippen LogP contribution is 2.36. The summed E-state index contributed by atoms with van der Waals surface area (Å²) in [7, 11) is 0. The molecular weight excluding hydrogens is 218 g/mol. The Labute approximate surface area is 103 Å². The summed E-state index contributed by atoms with van der Waals surface area (Å²) >= 11 is 5.87. The Morgan fingerprint density at radius 3 is 2.56 bits per heavy atom. The lowest BCUT2D eigenvalue weighted by Crippen LogP contribution is -2.31. The second-order valence-electron chi connectivity index (χ2n) is 5.61. The van der Waals surface area contributed by atoms with Crippen molar-refractivity contribution in [3.63, 3.8) is 0 Å². The summed E-state index contributed by atoms with van der Waals surface area (Å²) in [5.74, 6) is 0. The molecule has 0 spiro atoms. The molecule has 0 heterocycles. The van der Waals surface area contributed by atoms with Crippen molar-refractivity contribution in [2.24, 2.45) is 5.41 Å². The Kier molecular flexibility index (Phi) is 3.44. The molecule has 1 aliphatic carbocycles. The molecule has 0 aromatic heterocycles. The number of rotatable bonds is 2. The lowest BCUT2D eigenvalue weighted by molar-refractivity contribution is 0.229. The standard InChI is InChI=1S/C14H20ClN/c1-14(2)9-3-4-13(10-14)16-12-7-5-11(15)6-8-12/h5-8,13,16H,3-4,9-10H2,1-2H3. The van der Waals surface area contributed by atoms with Gasteiger partial charge in [-0.1, -0.05) is 31.9 Å². The van der Waals surface area contributed by atoms with Crippen LogP contribution in [-0.4, -0.2) is 6.04 Å².